The van der Waals surface area contributed by atoms with Crippen molar-refractivity contribution in [2.24, 2.45) is 0 Å². The zero-order valence-electron chi connectivity index (χ0n) is 8.80. The van der Waals surface area contributed by atoms with Gasteiger partial charge in [-0.25, -0.2) is 0 Å². The first-order chi connectivity index (χ1) is 7.20. The highest BCUT2D eigenvalue weighted by Gasteiger charge is 2.02. The molecule has 0 aliphatic carbocycles. The van der Waals surface area contributed by atoms with Gasteiger partial charge in [0.1, 0.15) is 0 Å². The Balaban J connectivity index is 3.39. The first-order valence-electron chi connectivity index (χ1n) is 4.81. The highest BCUT2D eigenvalue weighted by molar-refractivity contribution is 5.80. The topological polar surface area (TPSA) is 94.0 Å². The molecule has 0 aromatic rings. The standard InChI is InChI=1S/C9H16N4O2/c1-2-12-8(14)6-11-7-9(15)13-5-3-4-10/h11H,2-3,5-7H2,1H3,(H,12,14)(H,13,15). The second-order valence-electron chi connectivity index (χ2n) is 2.82. The van der Waals surface area contributed by atoms with Crippen molar-refractivity contribution in [3.05, 3.63) is 0 Å². The van der Waals surface area contributed by atoms with E-state index in [9.17, 15) is 9.59 Å². The van der Waals surface area contributed by atoms with Crippen molar-refractivity contribution in [3.8, 4) is 6.07 Å². The van der Waals surface area contributed by atoms with E-state index in [1.807, 2.05) is 13.0 Å². The Morgan fingerprint density at radius 3 is 2.33 bits per heavy atom. The number of carbonyl (C=O) groups is 2. The normalized spacial score (nSPS) is 9.07. The molecule has 0 radical (unpaired) electrons. The average molecular weight is 212 g/mol. The van der Waals surface area contributed by atoms with Gasteiger partial charge in [0, 0.05) is 13.1 Å². The van der Waals surface area contributed by atoms with Crippen molar-refractivity contribution < 1.29 is 9.59 Å². The van der Waals surface area contributed by atoms with Gasteiger partial charge < -0.3 is 10.6 Å². The van der Waals surface area contributed by atoms with Crippen LogP contribution in [0.4, 0.5) is 0 Å². The maximum Gasteiger partial charge on any atom is 0.234 e. The van der Waals surface area contributed by atoms with Crippen LogP contribution in [0.15, 0.2) is 0 Å². The molecule has 6 nitrogen and oxygen atoms in total. The smallest absolute Gasteiger partial charge is 0.234 e. The second kappa shape index (κ2) is 8.97. The number of hydrogen-bond acceptors (Lipinski definition) is 4. The number of amides is 2. The highest BCUT2D eigenvalue weighted by Crippen LogP contribution is 1.71. The monoisotopic (exact) mass is 212 g/mol. The number of nitriles is 1. The van der Waals surface area contributed by atoms with E-state index in [0.717, 1.165) is 0 Å². The van der Waals surface area contributed by atoms with Crippen LogP contribution < -0.4 is 16.0 Å². The summed E-state index contributed by atoms with van der Waals surface area (Å²) in [4.78, 5) is 22.0. The molecule has 2 amide bonds. The van der Waals surface area contributed by atoms with Crippen molar-refractivity contribution in [3.63, 3.8) is 0 Å². The van der Waals surface area contributed by atoms with Crippen molar-refractivity contribution in [1.29, 1.82) is 5.26 Å². The first-order valence-corrected chi connectivity index (χ1v) is 4.81. The molecule has 0 saturated heterocycles. The molecule has 0 fully saturated rings. The summed E-state index contributed by atoms with van der Waals surface area (Å²) in [5.74, 6) is -0.350. The number of hydrogen-bond donors (Lipinski definition) is 3. The molecule has 0 heterocycles. The van der Waals surface area contributed by atoms with Crippen LogP contribution in [0, 0.1) is 11.3 Å². The second-order valence-corrected chi connectivity index (χ2v) is 2.82. The predicted octanol–water partition coefficient (Wildman–Crippen LogP) is -1.26. The van der Waals surface area contributed by atoms with Gasteiger partial charge in [-0.1, -0.05) is 0 Å². The van der Waals surface area contributed by atoms with Crippen LogP contribution in [-0.4, -0.2) is 38.0 Å². The molecule has 84 valence electrons. The summed E-state index contributed by atoms with van der Waals surface area (Å²) in [5.41, 5.74) is 0. The Labute approximate surface area is 89.0 Å². The molecule has 0 aromatic carbocycles. The SMILES string of the molecule is CCNC(=O)CNCC(=O)NCCC#N. The van der Waals surface area contributed by atoms with Gasteiger partial charge in [0.2, 0.25) is 11.8 Å². The van der Waals surface area contributed by atoms with Gasteiger partial charge in [-0.05, 0) is 6.92 Å². The zero-order chi connectivity index (χ0) is 11.5. The Bertz CT molecular complexity index is 247. The van der Waals surface area contributed by atoms with Crippen molar-refractivity contribution in [2.75, 3.05) is 26.2 Å². The number of carbonyl (C=O) groups excluding carboxylic acids is 2. The molecule has 0 spiro atoms. The molecular weight excluding hydrogens is 196 g/mol. The van der Waals surface area contributed by atoms with Gasteiger partial charge in [-0.2, -0.15) is 5.26 Å². The lowest BCUT2D eigenvalue weighted by Gasteiger charge is -2.05. The molecule has 0 bridgehead atoms. The molecule has 0 aliphatic rings. The van der Waals surface area contributed by atoms with E-state index in [1.165, 1.54) is 0 Å². The van der Waals surface area contributed by atoms with E-state index in [-0.39, 0.29) is 24.9 Å². The number of rotatable bonds is 7. The quantitative estimate of drug-likeness (QED) is 0.459. The third-order valence-corrected chi connectivity index (χ3v) is 1.50. The van der Waals surface area contributed by atoms with E-state index >= 15 is 0 Å². The molecule has 6 heteroatoms. The molecule has 0 aromatic heterocycles. The van der Waals surface area contributed by atoms with Crippen LogP contribution in [0.25, 0.3) is 0 Å². The van der Waals surface area contributed by atoms with Crippen LogP contribution in [-0.2, 0) is 9.59 Å². The average Bonchev–Trinajstić information content (AvgIpc) is 2.18. The van der Waals surface area contributed by atoms with E-state index in [0.29, 0.717) is 19.5 Å². The lowest BCUT2D eigenvalue weighted by molar-refractivity contribution is -0.121. The van der Waals surface area contributed by atoms with E-state index < -0.39 is 0 Å². The van der Waals surface area contributed by atoms with Crippen LogP contribution in [0.5, 0.6) is 0 Å². The van der Waals surface area contributed by atoms with Gasteiger partial charge in [0.25, 0.3) is 0 Å². The summed E-state index contributed by atoms with van der Waals surface area (Å²) < 4.78 is 0. The van der Waals surface area contributed by atoms with E-state index in [4.69, 9.17) is 5.26 Å². The summed E-state index contributed by atoms with van der Waals surface area (Å²) >= 11 is 0. The van der Waals surface area contributed by atoms with E-state index in [2.05, 4.69) is 16.0 Å². The molecule has 0 rings (SSSR count). The van der Waals surface area contributed by atoms with Gasteiger partial charge in [0.15, 0.2) is 0 Å². The van der Waals surface area contributed by atoms with Gasteiger partial charge in [-0.15, -0.1) is 0 Å². The van der Waals surface area contributed by atoms with Crippen molar-refractivity contribution in [2.45, 2.75) is 13.3 Å². The third kappa shape index (κ3) is 8.71. The number of nitrogens with zero attached hydrogens (tertiary/aromatic N) is 1. The maximum absolute atomic E-state index is 11.0. The fourth-order valence-electron chi connectivity index (χ4n) is 0.870. The highest BCUT2D eigenvalue weighted by atomic mass is 16.2. The largest absolute Gasteiger partial charge is 0.355 e. The van der Waals surface area contributed by atoms with Crippen molar-refractivity contribution >= 4 is 11.8 Å². The summed E-state index contributed by atoms with van der Waals surface area (Å²) in [6.45, 7) is 2.96. The minimum atomic E-state index is -0.213. The van der Waals surface area contributed by atoms with Crippen molar-refractivity contribution in [1.82, 2.24) is 16.0 Å². The lowest BCUT2D eigenvalue weighted by Crippen LogP contribution is -2.39. The molecule has 0 atom stereocenters. The third-order valence-electron chi connectivity index (χ3n) is 1.50. The van der Waals surface area contributed by atoms with Crippen LogP contribution in [0.1, 0.15) is 13.3 Å². The van der Waals surface area contributed by atoms with Gasteiger partial charge in [-0.3, -0.25) is 14.9 Å². The molecule has 3 N–H and O–H groups in total. The Morgan fingerprint density at radius 2 is 1.80 bits per heavy atom. The number of likely N-dealkylation sites (N-methyl/N-ethyl adjacent to an activating group) is 1. The van der Waals surface area contributed by atoms with E-state index in [1.54, 1.807) is 0 Å². The predicted molar refractivity (Wildman–Crippen MR) is 54.8 cm³/mol. The summed E-state index contributed by atoms with van der Waals surface area (Å²) in [6, 6.07) is 1.91. The number of nitrogens with one attached hydrogen (secondary N) is 3. The minimum Gasteiger partial charge on any atom is -0.355 e. The summed E-state index contributed by atoms with van der Waals surface area (Å²) in [6.07, 6.45) is 0.294. The summed E-state index contributed by atoms with van der Waals surface area (Å²) in [5, 5.41) is 16.0. The van der Waals surface area contributed by atoms with Crippen LogP contribution >= 0.6 is 0 Å². The lowest BCUT2D eigenvalue weighted by atomic mass is 10.4. The molecule has 0 saturated carbocycles. The first kappa shape index (κ1) is 13.4. The fraction of sp³-hybridized carbons (Fsp3) is 0.667. The van der Waals surface area contributed by atoms with Gasteiger partial charge in [0.05, 0.1) is 25.6 Å². The Kier molecular flexibility index (Phi) is 8.00. The fourth-order valence-corrected chi connectivity index (χ4v) is 0.870. The zero-order valence-corrected chi connectivity index (χ0v) is 8.80. The molecule has 0 aliphatic heterocycles. The van der Waals surface area contributed by atoms with Gasteiger partial charge >= 0.3 is 0 Å². The minimum absolute atomic E-state index is 0.0859. The van der Waals surface area contributed by atoms with Crippen LogP contribution in [0.2, 0.25) is 0 Å². The molecule has 0 unspecified atom stereocenters. The Morgan fingerprint density at radius 1 is 1.20 bits per heavy atom. The molecular formula is C9H16N4O2. The molecule has 15 heavy (non-hydrogen) atoms. The maximum atomic E-state index is 11.0. The Hall–Kier alpha value is -1.61. The van der Waals surface area contributed by atoms with Crippen LogP contribution in [0.3, 0.4) is 0 Å². The summed E-state index contributed by atoms with van der Waals surface area (Å²) in [7, 11) is 0.